The number of nitrogens with zero attached hydrogens (tertiary/aromatic N) is 2. The molecule has 1 aromatic rings. The highest BCUT2D eigenvalue weighted by molar-refractivity contribution is 5.49. The van der Waals surface area contributed by atoms with Gasteiger partial charge in [-0.3, -0.25) is 0 Å². The maximum Gasteiger partial charge on any atom is 0.573 e. The third-order valence-corrected chi connectivity index (χ3v) is 1.57. The van der Waals surface area contributed by atoms with Crippen LogP contribution in [0.2, 0.25) is 0 Å². The lowest BCUT2D eigenvalue weighted by molar-refractivity contribution is -0.275. The lowest BCUT2D eigenvalue weighted by Crippen LogP contribution is -2.19. The van der Waals surface area contributed by atoms with Crippen molar-refractivity contribution in [3.63, 3.8) is 0 Å². The molecule has 0 aromatic carbocycles. The van der Waals surface area contributed by atoms with E-state index in [0.29, 0.717) is 6.07 Å². The van der Waals surface area contributed by atoms with E-state index in [1.807, 2.05) is 0 Å². The van der Waals surface area contributed by atoms with Gasteiger partial charge in [0.05, 0.1) is 5.56 Å². The predicted molar refractivity (Wildman–Crippen MR) is 44.9 cm³/mol. The SMILES string of the molecule is N#Cc1nc(N)cc(OC(F)(F)F)c1CF. The minimum absolute atomic E-state index is 0.354. The van der Waals surface area contributed by atoms with Crippen LogP contribution in [-0.4, -0.2) is 11.3 Å². The molecule has 0 aliphatic heterocycles. The van der Waals surface area contributed by atoms with Crippen LogP contribution in [0.25, 0.3) is 0 Å². The molecule has 0 saturated carbocycles. The van der Waals surface area contributed by atoms with Gasteiger partial charge in [0, 0.05) is 6.07 Å². The molecule has 0 bridgehead atoms. The molecule has 0 saturated heterocycles. The van der Waals surface area contributed by atoms with E-state index < -0.39 is 30.0 Å². The number of aromatic nitrogens is 1. The summed E-state index contributed by atoms with van der Waals surface area (Å²) in [7, 11) is 0. The quantitative estimate of drug-likeness (QED) is 0.794. The number of pyridine rings is 1. The van der Waals surface area contributed by atoms with Crippen LogP contribution < -0.4 is 10.5 Å². The van der Waals surface area contributed by atoms with E-state index in [-0.39, 0.29) is 5.82 Å². The van der Waals surface area contributed by atoms with Crippen LogP contribution in [0.3, 0.4) is 0 Å². The van der Waals surface area contributed by atoms with Crippen molar-refractivity contribution in [2.75, 3.05) is 5.73 Å². The Hall–Kier alpha value is -2.04. The minimum Gasteiger partial charge on any atom is -0.405 e. The summed E-state index contributed by atoms with van der Waals surface area (Å²) in [4.78, 5) is 3.38. The zero-order chi connectivity index (χ0) is 12.3. The van der Waals surface area contributed by atoms with Crippen molar-refractivity contribution in [2.24, 2.45) is 0 Å². The van der Waals surface area contributed by atoms with Crippen molar-refractivity contribution >= 4 is 5.82 Å². The first-order valence-corrected chi connectivity index (χ1v) is 3.88. The van der Waals surface area contributed by atoms with Crippen molar-refractivity contribution < 1.29 is 22.3 Å². The molecule has 0 unspecified atom stereocenters. The Labute approximate surface area is 87.3 Å². The summed E-state index contributed by atoms with van der Waals surface area (Å²) in [5.41, 5.74) is 4.04. The van der Waals surface area contributed by atoms with Crippen LogP contribution in [0.4, 0.5) is 23.4 Å². The fourth-order valence-corrected chi connectivity index (χ4v) is 1.00. The third kappa shape index (κ3) is 2.73. The Bertz CT molecular complexity index is 438. The van der Waals surface area contributed by atoms with Crippen molar-refractivity contribution in [3.05, 3.63) is 17.3 Å². The Balaban J connectivity index is 3.27. The topological polar surface area (TPSA) is 71.9 Å². The van der Waals surface area contributed by atoms with Crippen molar-refractivity contribution in [1.82, 2.24) is 4.98 Å². The number of nitrogens with two attached hydrogens (primary N) is 1. The maximum atomic E-state index is 12.5. The first-order chi connectivity index (χ1) is 7.37. The fraction of sp³-hybridized carbons (Fsp3) is 0.250. The van der Waals surface area contributed by atoms with E-state index in [2.05, 4.69) is 9.72 Å². The molecule has 0 atom stereocenters. The molecule has 0 aliphatic rings. The lowest BCUT2D eigenvalue weighted by Gasteiger charge is -2.12. The lowest BCUT2D eigenvalue weighted by atomic mass is 10.2. The summed E-state index contributed by atoms with van der Waals surface area (Å²) in [6.07, 6.45) is -4.98. The van der Waals surface area contributed by atoms with Gasteiger partial charge in [-0.2, -0.15) is 5.26 Å². The van der Waals surface area contributed by atoms with E-state index in [0.717, 1.165) is 0 Å². The van der Waals surface area contributed by atoms with E-state index >= 15 is 0 Å². The number of alkyl halides is 4. The van der Waals surface area contributed by atoms with Crippen LogP contribution in [0.15, 0.2) is 6.07 Å². The Kier molecular flexibility index (Phi) is 3.17. The van der Waals surface area contributed by atoms with Gasteiger partial charge in [0.25, 0.3) is 0 Å². The first kappa shape index (κ1) is 12.0. The monoisotopic (exact) mass is 235 g/mol. The summed E-state index contributed by atoms with van der Waals surface area (Å²) in [6, 6.07) is 2.15. The Morgan fingerprint density at radius 3 is 2.56 bits per heavy atom. The molecule has 0 fully saturated rings. The molecule has 0 amide bonds. The molecule has 2 N–H and O–H groups in total. The van der Waals surface area contributed by atoms with E-state index in [1.54, 1.807) is 0 Å². The Morgan fingerprint density at radius 2 is 2.12 bits per heavy atom. The molecular formula is C8H5F4N3O. The number of anilines is 1. The fourth-order valence-electron chi connectivity index (χ4n) is 1.00. The Morgan fingerprint density at radius 1 is 1.50 bits per heavy atom. The molecule has 4 nitrogen and oxygen atoms in total. The number of hydrogen-bond donors (Lipinski definition) is 1. The van der Waals surface area contributed by atoms with Crippen molar-refractivity contribution in [2.45, 2.75) is 13.0 Å². The predicted octanol–water partition coefficient (Wildman–Crippen LogP) is 1.90. The molecule has 0 radical (unpaired) electrons. The smallest absolute Gasteiger partial charge is 0.405 e. The first-order valence-electron chi connectivity index (χ1n) is 3.88. The second kappa shape index (κ2) is 4.22. The number of nitriles is 1. The molecule has 1 aromatic heterocycles. The van der Waals surface area contributed by atoms with Crippen LogP contribution in [0.1, 0.15) is 11.3 Å². The minimum atomic E-state index is -4.98. The van der Waals surface area contributed by atoms with E-state index in [9.17, 15) is 17.6 Å². The van der Waals surface area contributed by atoms with Crippen LogP contribution >= 0.6 is 0 Å². The number of hydrogen-bond acceptors (Lipinski definition) is 4. The van der Waals surface area contributed by atoms with Gasteiger partial charge in [0.15, 0.2) is 5.69 Å². The van der Waals surface area contributed by atoms with Gasteiger partial charge in [-0.15, -0.1) is 13.2 Å². The molecule has 1 rings (SSSR count). The van der Waals surface area contributed by atoms with Crippen LogP contribution in [0.5, 0.6) is 5.75 Å². The second-order valence-corrected chi connectivity index (χ2v) is 2.67. The second-order valence-electron chi connectivity index (χ2n) is 2.67. The average molecular weight is 235 g/mol. The standard InChI is InChI=1S/C8H5F4N3O/c9-2-4-5(3-13)15-7(14)1-6(4)16-8(10,11)12/h1H,2H2,(H2,14,15). The van der Waals surface area contributed by atoms with Crippen molar-refractivity contribution in [1.29, 1.82) is 5.26 Å². The number of nitrogen functional groups attached to an aromatic ring is 1. The zero-order valence-electron chi connectivity index (χ0n) is 7.68. The maximum absolute atomic E-state index is 12.5. The van der Waals surface area contributed by atoms with E-state index in [1.165, 1.54) is 6.07 Å². The van der Waals surface area contributed by atoms with Gasteiger partial charge in [-0.05, 0) is 0 Å². The van der Waals surface area contributed by atoms with E-state index in [4.69, 9.17) is 11.0 Å². The molecule has 86 valence electrons. The van der Waals surface area contributed by atoms with Gasteiger partial charge in [0.1, 0.15) is 24.3 Å². The molecule has 0 aliphatic carbocycles. The zero-order valence-corrected chi connectivity index (χ0v) is 7.68. The molecule has 16 heavy (non-hydrogen) atoms. The van der Waals surface area contributed by atoms with Crippen LogP contribution in [0, 0.1) is 11.3 Å². The van der Waals surface area contributed by atoms with Crippen molar-refractivity contribution in [3.8, 4) is 11.8 Å². The molecular weight excluding hydrogens is 230 g/mol. The summed E-state index contributed by atoms with van der Waals surface area (Å²) in [6.45, 7) is -1.30. The largest absolute Gasteiger partial charge is 0.573 e. The van der Waals surface area contributed by atoms with Gasteiger partial charge in [-0.25, -0.2) is 9.37 Å². The van der Waals surface area contributed by atoms with Crippen LogP contribution in [-0.2, 0) is 6.67 Å². The van der Waals surface area contributed by atoms with Gasteiger partial charge in [-0.1, -0.05) is 0 Å². The highest BCUT2D eigenvalue weighted by Crippen LogP contribution is 2.29. The summed E-state index contributed by atoms with van der Waals surface area (Å²) in [5.74, 6) is -1.20. The number of halogens is 4. The normalized spacial score (nSPS) is 10.9. The summed E-state index contributed by atoms with van der Waals surface area (Å²) in [5, 5.41) is 8.53. The van der Waals surface area contributed by atoms with Gasteiger partial charge >= 0.3 is 6.36 Å². The van der Waals surface area contributed by atoms with Gasteiger partial charge in [0.2, 0.25) is 0 Å². The van der Waals surface area contributed by atoms with Gasteiger partial charge < -0.3 is 10.5 Å². The highest BCUT2D eigenvalue weighted by Gasteiger charge is 2.33. The number of rotatable bonds is 2. The molecule has 8 heteroatoms. The average Bonchev–Trinajstić information content (AvgIpc) is 2.14. The summed E-state index contributed by atoms with van der Waals surface area (Å²) >= 11 is 0. The molecule has 0 spiro atoms. The summed E-state index contributed by atoms with van der Waals surface area (Å²) < 4.78 is 51.8. The number of ether oxygens (including phenoxy) is 1. The molecule has 1 heterocycles. The third-order valence-electron chi connectivity index (χ3n) is 1.57. The highest BCUT2D eigenvalue weighted by atomic mass is 19.4.